The summed E-state index contributed by atoms with van der Waals surface area (Å²) >= 11 is 1.78. The fourth-order valence-electron chi connectivity index (χ4n) is 3.91. The minimum Gasteiger partial charge on any atom is -0.368 e. The number of hydrogen-bond donors (Lipinski definition) is 1. The third kappa shape index (κ3) is 5.75. The first kappa shape index (κ1) is 22.1. The van der Waals surface area contributed by atoms with Gasteiger partial charge in [0.05, 0.1) is 5.69 Å². The van der Waals surface area contributed by atoms with E-state index in [1.807, 2.05) is 7.05 Å². The minimum atomic E-state index is 0. The maximum atomic E-state index is 4.82. The van der Waals surface area contributed by atoms with Crippen molar-refractivity contribution in [3.8, 4) is 0 Å². The number of aromatic nitrogens is 1. The van der Waals surface area contributed by atoms with Gasteiger partial charge < -0.3 is 20.0 Å². The summed E-state index contributed by atoms with van der Waals surface area (Å²) in [5, 5.41) is 6.92. The first-order valence-electron chi connectivity index (χ1n) is 10.3. The summed E-state index contributed by atoms with van der Waals surface area (Å²) in [6.45, 7) is 7.22. The van der Waals surface area contributed by atoms with Crippen molar-refractivity contribution in [2.75, 3.05) is 62.7 Å². The molecular formula is C21H31IN6S. The lowest BCUT2D eigenvalue weighted by Crippen LogP contribution is -2.52. The Balaban J connectivity index is 0.00000240. The van der Waals surface area contributed by atoms with Crippen LogP contribution in [0.4, 0.5) is 10.8 Å². The van der Waals surface area contributed by atoms with E-state index in [1.165, 1.54) is 29.4 Å². The third-order valence-electron chi connectivity index (χ3n) is 5.49. The van der Waals surface area contributed by atoms with E-state index in [0.29, 0.717) is 0 Å². The molecule has 29 heavy (non-hydrogen) atoms. The molecule has 4 rings (SSSR count). The number of rotatable bonds is 5. The Kier molecular flexibility index (Phi) is 8.40. The second kappa shape index (κ2) is 11.0. The Morgan fingerprint density at radius 2 is 1.76 bits per heavy atom. The fourth-order valence-corrected chi connectivity index (χ4v) is 4.83. The minimum absolute atomic E-state index is 0. The molecule has 0 spiro atoms. The summed E-state index contributed by atoms with van der Waals surface area (Å²) in [4.78, 5) is 16.5. The molecule has 0 saturated carbocycles. The molecule has 0 bridgehead atoms. The quantitative estimate of drug-likeness (QED) is 0.368. The molecule has 1 aromatic heterocycles. The number of hydrogen-bond acceptors (Lipinski definition) is 5. The summed E-state index contributed by atoms with van der Waals surface area (Å²) in [5.41, 5.74) is 2.49. The van der Waals surface area contributed by atoms with Crippen LogP contribution in [0.3, 0.4) is 0 Å². The van der Waals surface area contributed by atoms with Gasteiger partial charge in [-0.3, -0.25) is 4.99 Å². The highest BCUT2D eigenvalue weighted by Crippen LogP contribution is 2.24. The van der Waals surface area contributed by atoms with Crippen LogP contribution in [-0.4, -0.2) is 68.7 Å². The van der Waals surface area contributed by atoms with Crippen LogP contribution in [0, 0.1) is 0 Å². The van der Waals surface area contributed by atoms with Crippen molar-refractivity contribution in [1.29, 1.82) is 0 Å². The van der Waals surface area contributed by atoms with Crippen molar-refractivity contribution in [3.63, 3.8) is 0 Å². The molecule has 2 aliphatic heterocycles. The van der Waals surface area contributed by atoms with Gasteiger partial charge in [-0.2, -0.15) is 0 Å². The van der Waals surface area contributed by atoms with Gasteiger partial charge in [-0.1, -0.05) is 18.2 Å². The normalized spacial score (nSPS) is 17.4. The monoisotopic (exact) mass is 526 g/mol. The number of nitrogens with zero attached hydrogens (tertiary/aromatic N) is 5. The third-order valence-corrected chi connectivity index (χ3v) is 6.44. The maximum Gasteiger partial charge on any atom is 0.193 e. The number of nitrogens with one attached hydrogen (secondary N) is 1. The Labute approximate surface area is 195 Å². The number of guanidine groups is 1. The van der Waals surface area contributed by atoms with E-state index in [2.05, 4.69) is 60.7 Å². The van der Waals surface area contributed by atoms with E-state index in [-0.39, 0.29) is 24.0 Å². The molecule has 0 aliphatic carbocycles. The second-order valence-electron chi connectivity index (χ2n) is 7.35. The number of anilines is 2. The van der Waals surface area contributed by atoms with Crippen LogP contribution in [0.25, 0.3) is 0 Å². The van der Waals surface area contributed by atoms with Crippen molar-refractivity contribution in [2.45, 2.75) is 19.3 Å². The average molecular weight is 526 g/mol. The molecule has 6 nitrogen and oxygen atoms in total. The van der Waals surface area contributed by atoms with Crippen molar-refractivity contribution >= 4 is 52.1 Å². The highest BCUT2D eigenvalue weighted by molar-refractivity contribution is 14.0. The van der Waals surface area contributed by atoms with Crippen LogP contribution in [-0.2, 0) is 6.42 Å². The number of aliphatic imine (C=N–C) groups is 1. The first-order chi connectivity index (χ1) is 13.8. The molecular weight excluding hydrogens is 495 g/mol. The molecule has 0 amide bonds. The lowest BCUT2D eigenvalue weighted by Gasteiger charge is -2.37. The van der Waals surface area contributed by atoms with Crippen molar-refractivity contribution in [2.24, 2.45) is 4.99 Å². The van der Waals surface area contributed by atoms with Crippen molar-refractivity contribution in [1.82, 2.24) is 15.2 Å². The molecule has 2 aromatic rings. The summed E-state index contributed by atoms with van der Waals surface area (Å²) < 4.78 is 0. The SMILES string of the molecule is CN=C(NCCc1csc(N2CCCC2)n1)N1CCN(c2ccccc2)CC1.I. The van der Waals surface area contributed by atoms with Crippen LogP contribution in [0.5, 0.6) is 0 Å². The van der Waals surface area contributed by atoms with Gasteiger partial charge in [0.15, 0.2) is 11.1 Å². The van der Waals surface area contributed by atoms with Crippen LogP contribution in [0.2, 0.25) is 0 Å². The number of thiazole rings is 1. The summed E-state index contributed by atoms with van der Waals surface area (Å²) in [6.07, 6.45) is 3.53. The summed E-state index contributed by atoms with van der Waals surface area (Å²) in [6, 6.07) is 10.7. The van der Waals surface area contributed by atoms with Gasteiger partial charge in [0, 0.05) is 70.3 Å². The van der Waals surface area contributed by atoms with E-state index in [9.17, 15) is 0 Å². The average Bonchev–Trinajstić information content (AvgIpc) is 3.44. The molecule has 1 N–H and O–H groups in total. The zero-order chi connectivity index (χ0) is 19.2. The topological polar surface area (TPSA) is 47.0 Å². The van der Waals surface area contributed by atoms with E-state index < -0.39 is 0 Å². The standard InChI is InChI=1S/C21H30N6S.HI/c1-22-20(26-15-13-25(14-16-26)19-7-3-2-4-8-19)23-10-9-18-17-28-21(24-18)27-11-5-6-12-27;/h2-4,7-8,17H,5-6,9-16H2,1H3,(H,22,23);1H. The Bertz CT molecular complexity index is 766. The number of halogens is 1. The van der Waals surface area contributed by atoms with Gasteiger partial charge in [0.1, 0.15) is 0 Å². The number of para-hydroxylation sites is 1. The maximum absolute atomic E-state index is 4.82. The van der Waals surface area contributed by atoms with Gasteiger partial charge in [-0.15, -0.1) is 35.3 Å². The highest BCUT2D eigenvalue weighted by Gasteiger charge is 2.20. The Hall–Kier alpha value is -1.55. The predicted octanol–water partition coefficient (Wildman–Crippen LogP) is 3.30. The largest absolute Gasteiger partial charge is 0.368 e. The lowest BCUT2D eigenvalue weighted by molar-refractivity contribution is 0.373. The zero-order valence-electron chi connectivity index (χ0n) is 17.1. The lowest BCUT2D eigenvalue weighted by atomic mass is 10.2. The molecule has 3 heterocycles. The summed E-state index contributed by atoms with van der Waals surface area (Å²) in [5.74, 6) is 1.00. The Morgan fingerprint density at radius 1 is 1.03 bits per heavy atom. The van der Waals surface area contributed by atoms with Gasteiger partial charge in [0.2, 0.25) is 0 Å². The van der Waals surface area contributed by atoms with Crippen molar-refractivity contribution < 1.29 is 0 Å². The molecule has 158 valence electrons. The first-order valence-corrected chi connectivity index (χ1v) is 11.2. The van der Waals surface area contributed by atoms with Gasteiger partial charge >= 0.3 is 0 Å². The van der Waals surface area contributed by atoms with E-state index in [4.69, 9.17) is 4.98 Å². The highest BCUT2D eigenvalue weighted by atomic mass is 127. The molecule has 2 saturated heterocycles. The molecule has 2 fully saturated rings. The smallest absolute Gasteiger partial charge is 0.193 e. The molecule has 1 aromatic carbocycles. The van der Waals surface area contributed by atoms with Crippen LogP contribution < -0.4 is 15.1 Å². The van der Waals surface area contributed by atoms with Crippen LogP contribution in [0.1, 0.15) is 18.5 Å². The molecule has 0 unspecified atom stereocenters. The predicted molar refractivity (Wildman–Crippen MR) is 134 cm³/mol. The molecule has 0 radical (unpaired) electrons. The summed E-state index contributed by atoms with van der Waals surface area (Å²) in [7, 11) is 1.88. The molecule has 8 heteroatoms. The van der Waals surface area contributed by atoms with Gasteiger partial charge in [-0.05, 0) is 25.0 Å². The van der Waals surface area contributed by atoms with E-state index in [1.54, 1.807) is 11.3 Å². The van der Waals surface area contributed by atoms with Crippen LogP contribution >= 0.6 is 35.3 Å². The molecule has 0 atom stereocenters. The van der Waals surface area contributed by atoms with Crippen molar-refractivity contribution in [3.05, 3.63) is 41.4 Å². The second-order valence-corrected chi connectivity index (χ2v) is 8.19. The van der Waals surface area contributed by atoms with E-state index >= 15 is 0 Å². The Morgan fingerprint density at radius 3 is 2.45 bits per heavy atom. The number of benzene rings is 1. The number of piperazine rings is 1. The van der Waals surface area contributed by atoms with Gasteiger partial charge in [0.25, 0.3) is 0 Å². The zero-order valence-corrected chi connectivity index (χ0v) is 20.2. The van der Waals surface area contributed by atoms with E-state index in [0.717, 1.165) is 58.2 Å². The van der Waals surface area contributed by atoms with Crippen LogP contribution in [0.15, 0.2) is 40.7 Å². The fraction of sp³-hybridized carbons (Fsp3) is 0.524. The molecule has 2 aliphatic rings. The van der Waals surface area contributed by atoms with Gasteiger partial charge in [-0.25, -0.2) is 4.98 Å².